The van der Waals surface area contributed by atoms with Crippen molar-refractivity contribution in [3.05, 3.63) is 36.0 Å². The molecular formula is C16H21FN4O. The first-order chi connectivity index (χ1) is 10.4. The van der Waals surface area contributed by atoms with Crippen LogP contribution < -0.4 is 5.73 Å². The quantitative estimate of drug-likeness (QED) is 0.943. The van der Waals surface area contributed by atoms with E-state index < -0.39 is 0 Å². The summed E-state index contributed by atoms with van der Waals surface area (Å²) >= 11 is 0. The topological polar surface area (TPSA) is 68.2 Å². The van der Waals surface area contributed by atoms with Gasteiger partial charge in [0.05, 0.1) is 6.54 Å². The highest BCUT2D eigenvalue weighted by Gasteiger charge is 2.33. The van der Waals surface area contributed by atoms with Gasteiger partial charge in [-0.3, -0.25) is 4.90 Å². The zero-order valence-corrected chi connectivity index (χ0v) is 12.9. The maximum atomic E-state index is 12.9. The van der Waals surface area contributed by atoms with Gasteiger partial charge in [0.15, 0.2) is 0 Å². The van der Waals surface area contributed by atoms with Gasteiger partial charge in [0.1, 0.15) is 5.82 Å². The van der Waals surface area contributed by atoms with Gasteiger partial charge in [-0.2, -0.15) is 4.98 Å². The number of likely N-dealkylation sites (tertiary alicyclic amines) is 1. The average molecular weight is 304 g/mol. The van der Waals surface area contributed by atoms with Crippen molar-refractivity contribution in [1.82, 2.24) is 15.0 Å². The highest BCUT2D eigenvalue weighted by atomic mass is 19.1. The fourth-order valence-electron chi connectivity index (χ4n) is 2.85. The van der Waals surface area contributed by atoms with Gasteiger partial charge in [-0.25, -0.2) is 4.39 Å². The van der Waals surface area contributed by atoms with E-state index in [2.05, 4.69) is 28.9 Å². The molecule has 1 saturated heterocycles. The van der Waals surface area contributed by atoms with Crippen LogP contribution in [-0.2, 0) is 6.54 Å². The van der Waals surface area contributed by atoms with E-state index in [1.807, 2.05) is 0 Å². The van der Waals surface area contributed by atoms with Crippen molar-refractivity contribution in [2.75, 3.05) is 13.1 Å². The van der Waals surface area contributed by atoms with Crippen LogP contribution in [0.25, 0.3) is 11.4 Å². The molecule has 3 rings (SSSR count). The number of hydrogen-bond acceptors (Lipinski definition) is 5. The minimum Gasteiger partial charge on any atom is -0.338 e. The smallest absolute Gasteiger partial charge is 0.241 e. The van der Waals surface area contributed by atoms with Crippen molar-refractivity contribution in [3.8, 4) is 11.4 Å². The molecular weight excluding hydrogens is 283 g/mol. The lowest BCUT2D eigenvalue weighted by molar-refractivity contribution is 0.0811. The van der Waals surface area contributed by atoms with Crippen molar-refractivity contribution in [2.24, 2.45) is 11.1 Å². The summed E-state index contributed by atoms with van der Waals surface area (Å²) in [4.78, 5) is 6.68. The molecule has 0 saturated carbocycles. The number of nitrogens with zero attached hydrogens (tertiary/aromatic N) is 3. The Morgan fingerprint density at radius 3 is 2.77 bits per heavy atom. The van der Waals surface area contributed by atoms with Crippen LogP contribution in [0.3, 0.4) is 0 Å². The van der Waals surface area contributed by atoms with Crippen molar-refractivity contribution < 1.29 is 8.91 Å². The summed E-state index contributed by atoms with van der Waals surface area (Å²) in [5.41, 5.74) is 6.98. The van der Waals surface area contributed by atoms with E-state index in [9.17, 15) is 4.39 Å². The molecule has 2 aromatic rings. The molecule has 118 valence electrons. The molecule has 1 atom stereocenters. The summed E-state index contributed by atoms with van der Waals surface area (Å²) in [5, 5.41) is 3.97. The third kappa shape index (κ3) is 3.18. The molecule has 1 aromatic carbocycles. The van der Waals surface area contributed by atoms with Gasteiger partial charge in [0.2, 0.25) is 11.7 Å². The summed E-state index contributed by atoms with van der Waals surface area (Å²) < 4.78 is 18.3. The Morgan fingerprint density at radius 2 is 2.09 bits per heavy atom. The number of rotatable bonds is 3. The SMILES string of the molecule is CC1(C)CN(Cc2nc(-c3ccc(F)cc3)no2)CCC1N. The molecule has 1 aromatic heterocycles. The maximum Gasteiger partial charge on any atom is 0.241 e. The first-order valence-corrected chi connectivity index (χ1v) is 7.50. The molecule has 0 radical (unpaired) electrons. The van der Waals surface area contributed by atoms with Crippen LogP contribution in [0.15, 0.2) is 28.8 Å². The van der Waals surface area contributed by atoms with E-state index in [0.717, 1.165) is 25.1 Å². The lowest BCUT2D eigenvalue weighted by atomic mass is 9.80. The van der Waals surface area contributed by atoms with Crippen LogP contribution in [0.2, 0.25) is 0 Å². The number of nitrogens with two attached hydrogens (primary N) is 1. The van der Waals surface area contributed by atoms with Gasteiger partial charge in [0.25, 0.3) is 0 Å². The molecule has 0 aliphatic carbocycles. The van der Waals surface area contributed by atoms with Crippen LogP contribution in [0.5, 0.6) is 0 Å². The fourth-order valence-corrected chi connectivity index (χ4v) is 2.85. The number of piperidine rings is 1. The predicted octanol–water partition coefficient (Wildman–Crippen LogP) is 2.43. The fraction of sp³-hybridized carbons (Fsp3) is 0.500. The Kier molecular flexibility index (Phi) is 3.97. The first kappa shape index (κ1) is 15.1. The molecule has 6 heteroatoms. The van der Waals surface area contributed by atoms with E-state index in [1.165, 1.54) is 12.1 Å². The summed E-state index contributed by atoms with van der Waals surface area (Å²) in [6, 6.07) is 6.29. The Bertz CT molecular complexity index is 638. The first-order valence-electron chi connectivity index (χ1n) is 7.50. The molecule has 0 amide bonds. The average Bonchev–Trinajstić information content (AvgIpc) is 2.92. The van der Waals surface area contributed by atoms with Gasteiger partial charge in [0, 0.05) is 24.7 Å². The lowest BCUT2D eigenvalue weighted by Gasteiger charge is -2.42. The van der Waals surface area contributed by atoms with Crippen LogP contribution in [0, 0.1) is 11.2 Å². The van der Waals surface area contributed by atoms with Crippen molar-refractivity contribution in [3.63, 3.8) is 0 Å². The van der Waals surface area contributed by atoms with E-state index in [4.69, 9.17) is 10.3 Å². The predicted molar refractivity (Wildman–Crippen MR) is 81.3 cm³/mol. The monoisotopic (exact) mass is 304 g/mol. The second-order valence-electron chi connectivity index (χ2n) is 6.61. The molecule has 1 unspecified atom stereocenters. The summed E-state index contributed by atoms with van der Waals surface area (Å²) in [6.45, 7) is 6.81. The Balaban J connectivity index is 1.68. The molecule has 2 heterocycles. The second kappa shape index (κ2) is 5.78. The molecule has 1 aliphatic heterocycles. The molecule has 1 fully saturated rings. The van der Waals surface area contributed by atoms with Gasteiger partial charge < -0.3 is 10.3 Å². The maximum absolute atomic E-state index is 12.9. The molecule has 1 aliphatic rings. The zero-order chi connectivity index (χ0) is 15.7. The Hall–Kier alpha value is -1.79. The third-order valence-corrected chi connectivity index (χ3v) is 4.32. The van der Waals surface area contributed by atoms with E-state index in [-0.39, 0.29) is 17.3 Å². The number of halogens is 1. The summed E-state index contributed by atoms with van der Waals surface area (Å²) in [6.07, 6.45) is 0.964. The van der Waals surface area contributed by atoms with Crippen molar-refractivity contribution >= 4 is 0 Å². The molecule has 0 spiro atoms. The summed E-state index contributed by atoms with van der Waals surface area (Å²) in [5.74, 6) is 0.785. The molecule has 2 N–H and O–H groups in total. The van der Waals surface area contributed by atoms with Crippen LogP contribution in [0.4, 0.5) is 4.39 Å². The van der Waals surface area contributed by atoms with Crippen molar-refractivity contribution in [1.29, 1.82) is 0 Å². The largest absolute Gasteiger partial charge is 0.338 e. The van der Waals surface area contributed by atoms with Crippen LogP contribution >= 0.6 is 0 Å². The van der Waals surface area contributed by atoms with Gasteiger partial charge in [-0.15, -0.1) is 0 Å². The number of hydrogen-bond donors (Lipinski definition) is 1. The third-order valence-electron chi connectivity index (χ3n) is 4.32. The number of aromatic nitrogens is 2. The van der Waals surface area contributed by atoms with Crippen LogP contribution in [-0.4, -0.2) is 34.2 Å². The van der Waals surface area contributed by atoms with E-state index in [1.54, 1.807) is 12.1 Å². The van der Waals surface area contributed by atoms with Gasteiger partial charge >= 0.3 is 0 Å². The Labute approximate surface area is 129 Å². The highest BCUT2D eigenvalue weighted by Crippen LogP contribution is 2.28. The van der Waals surface area contributed by atoms with Crippen LogP contribution in [0.1, 0.15) is 26.2 Å². The minimum atomic E-state index is -0.278. The highest BCUT2D eigenvalue weighted by molar-refractivity contribution is 5.53. The molecule has 5 nitrogen and oxygen atoms in total. The normalized spacial score (nSPS) is 21.9. The second-order valence-corrected chi connectivity index (χ2v) is 6.61. The van der Waals surface area contributed by atoms with Gasteiger partial charge in [-0.1, -0.05) is 19.0 Å². The minimum absolute atomic E-state index is 0.0814. The lowest BCUT2D eigenvalue weighted by Crippen LogP contribution is -2.52. The van der Waals surface area contributed by atoms with Crippen molar-refractivity contribution in [2.45, 2.75) is 32.9 Å². The zero-order valence-electron chi connectivity index (χ0n) is 12.9. The van der Waals surface area contributed by atoms with E-state index >= 15 is 0 Å². The van der Waals surface area contributed by atoms with Gasteiger partial charge in [-0.05, 0) is 36.1 Å². The van der Waals surface area contributed by atoms with E-state index in [0.29, 0.717) is 18.3 Å². The number of benzene rings is 1. The molecule has 22 heavy (non-hydrogen) atoms. The standard InChI is InChI=1S/C16H21FN4O/c1-16(2)10-21(8-7-13(16)18)9-14-19-15(20-22-14)11-3-5-12(17)6-4-11/h3-6,13H,7-10,18H2,1-2H3. The summed E-state index contributed by atoms with van der Waals surface area (Å²) in [7, 11) is 0. The molecule has 0 bridgehead atoms. The Morgan fingerprint density at radius 1 is 1.36 bits per heavy atom.